The molecule has 0 N–H and O–H groups in total. The number of fused-ring (bicyclic) bond motifs is 14. The van der Waals surface area contributed by atoms with Crippen LogP contribution in [-0.4, -0.2) is 0 Å². The minimum Gasteiger partial charge on any atom is -0.135 e. The summed E-state index contributed by atoms with van der Waals surface area (Å²) in [6.07, 6.45) is 11.5. The molecule has 3 aromatic heterocycles. The van der Waals surface area contributed by atoms with Crippen molar-refractivity contribution < 1.29 is 0 Å². The average molecular weight is 925 g/mol. The number of thiophene rings is 3. The number of hydrogen-bond acceptors (Lipinski definition) is 4. The zero-order valence-electron chi connectivity index (χ0n) is 31.2. The highest BCUT2D eigenvalue weighted by molar-refractivity contribution is 14.1. The Bertz CT molecular complexity index is 3430. The van der Waals surface area contributed by atoms with Gasteiger partial charge in [-0.15, -0.1) is 34.0 Å². The molecule has 276 valence electrons. The van der Waals surface area contributed by atoms with Crippen molar-refractivity contribution in [1.29, 1.82) is 0 Å². The van der Waals surface area contributed by atoms with Crippen LogP contribution >= 0.6 is 68.4 Å². The molecule has 12 rings (SSSR count). The summed E-state index contributed by atoms with van der Waals surface area (Å²) in [4.78, 5) is 2.89. The first-order valence-electron chi connectivity index (χ1n) is 19.6. The highest BCUT2D eigenvalue weighted by Crippen LogP contribution is 2.57. The molecule has 0 spiro atoms. The van der Waals surface area contributed by atoms with Crippen molar-refractivity contribution in [2.45, 2.75) is 23.7 Å². The van der Waals surface area contributed by atoms with Gasteiger partial charge in [-0.05, 0) is 133 Å². The molecule has 1 aliphatic heterocycles. The predicted octanol–water partition coefficient (Wildman–Crippen LogP) is 17.6. The summed E-state index contributed by atoms with van der Waals surface area (Å²) in [5.41, 5.74) is 10.7. The Kier molecular flexibility index (Phi) is 8.63. The topological polar surface area (TPSA) is 0 Å². The van der Waals surface area contributed by atoms with E-state index in [2.05, 4.69) is 191 Å². The molecule has 0 fully saturated rings. The maximum absolute atomic E-state index is 2.47. The van der Waals surface area contributed by atoms with E-state index in [1.807, 2.05) is 45.8 Å². The molecule has 58 heavy (non-hydrogen) atoms. The fraction of sp³-hybridized carbons (Fsp3) is 0.0566. The number of rotatable bonds is 6. The lowest BCUT2D eigenvalue weighted by molar-refractivity contribution is 0.816. The number of hydrogen-bond donors (Lipinski definition) is 0. The van der Waals surface area contributed by atoms with Gasteiger partial charge in [0.2, 0.25) is 0 Å². The first-order valence-corrected chi connectivity index (χ1v) is 24.1. The minimum atomic E-state index is 0.367. The Labute approximate surface area is 366 Å². The van der Waals surface area contributed by atoms with Crippen molar-refractivity contribution in [2.24, 2.45) is 0 Å². The molecule has 0 radical (unpaired) electrons. The highest BCUT2D eigenvalue weighted by atomic mass is 127. The standard InChI is InChI=1S/C53H33IS4/c54-26-25-34(37-16-20-45-41(30-37)53-49(58-45)24-23-48-52(53)40-29-36(15-19-44(40)57-48)33-9-5-2-6-10-33)13-11-31-12-17-42-38(27-31)50-46(55-42)21-22-47-51(50)39-28-35(14-18-43(39)56-47)32-7-3-1-4-8-32/h1-10,12-29,41H,11,30H2/b26-25-,34-13+. The van der Waals surface area contributed by atoms with E-state index in [1.165, 1.54) is 115 Å². The molecule has 1 unspecified atom stereocenters. The lowest BCUT2D eigenvalue weighted by atomic mass is 9.83. The Morgan fingerprint density at radius 3 is 1.74 bits per heavy atom. The molecule has 2 aliphatic rings. The Hall–Kier alpha value is -4.76. The molecular formula is C53H33IS4. The molecule has 1 atom stereocenters. The largest absolute Gasteiger partial charge is 0.135 e. The second-order valence-corrected chi connectivity index (χ2v) is 20.3. The molecule has 5 heteroatoms. The molecular weight excluding hydrogens is 892 g/mol. The lowest BCUT2D eigenvalue weighted by Gasteiger charge is -2.21. The van der Waals surface area contributed by atoms with Gasteiger partial charge in [-0.3, -0.25) is 0 Å². The zero-order chi connectivity index (χ0) is 38.3. The van der Waals surface area contributed by atoms with E-state index < -0.39 is 0 Å². The summed E-state index contributed by atoms with van der Waals surface area (Å²) < 4.78 is 10.4. The third-order valence-electron chi connectivity index (χ3n) is 11.9. The molecule has 10 aromatic rings. The molecule has 4 heterocycles. The molecule has 0 saturated carbocycles. The van der Waals surface area contributed by atoms with Crippen LogP contribution in [0.15, 0.2) is 189 Å². The van der Waals surface area contributed by atoms with E-state index in [0.717, 1.165) is 12.8 Å². The fourth-order valence-corrected chi connectivity index (χ4v) is 14.1. The summed E-state index contributed by atoms with van der Waals surface area (Å²) >= 11 is 10.1. The Balaban J connectivity index is 0.905. The van der Waals surface area contributed by atoms with Crippen LogP contribution in [0.25, 0.3) is 82.8 Å². The number of halogens is 1. The molecule has 7 aromatic carbocycles. The maximum Gasteiger partial charge on any atom is 0.0362 e. The van der Waals surface area contributed by atoms with Crippen molar-refractivity contribution in [2.75, 3.05) is 0 Å². The van der Waals surface area contributed by atoms with E-state index >= 15 is 0 Å². The van der Waals surface area contributed by atoms with E-state index in [9.17, 15) is 0 Å². The van der Waals surface area contributed by atoms with Gasteiger partial charge in [0.25, 0.3) is 0 Å². The molecule has 0 saturated heterocycles. The van der Waals surface area contributed by atoms with E-state index in [1.54, 1.807) is 0 Å². The van der Waals surface area contributed by atoms with Gasteiger partial charge >= 0.3 is 0 Å². The third kappa shape index (κ3) is 5.81. The summed E-state index contributed by atoms with van der Waals surface area (Å²) in [6, 6.07) is 52.2. The smallest absolute Gasteiger partial charge is 0.0362 e. The summed E-state index contributed by atoms with van der Waals surface area (Å²) in [5.74, 6) is 0.367. The van der Waals surface area contributed by atoms with Gasteiger partial charge in [-0.1, -0.05) is 131 Å². The van der Waals surface area contributed by atoms with E-state index in [-0.39, 0.29) is 0 Å². The van der Waals surface area contributed by atoms with E-state index in [0.29, 0.717) is 5.92 Å². The van der Waals surface area contributed by atoms with Gasteiger partial charge in [0, 0.05) is 71.3 Å². The summed E-state index contributed by atoms with van der Waals surface area (Å²) in [5, 5.41) is 8.38. The molecule has 0 bridgehead atoms. The second kappa shape index (κ2) is 14.2. The Morgan fingerprint density at radius 1 is 0.552 bits per heavy atom. The maximum atomic E-state index is 2.47. The van der Waals surface area contributed by atoms with Crippen LogP contribution < -0.4 is 0 Å². The SMILES string of the molecule is I/C=C\C(=C/Cc1ccc2sc3ccc4sc5ccc(-c6ccccc6)cc5c4c3c2c1)C1=CC=C2Sc3ccc4sc5ccc(-c6ccccc6)cc5c4c3C2C1. The van der Waals surface area contributed by atoms with Crippen molar-refractivity contribution in [3.63, 3.8) is 0 Å². The van der Waals surface area contributed by atoms with Gasteiger partial charge in [-0.2, -0.15) is 0 Å². The van der Waals surface area contributed by atoms with Crippen LogP contribution in [0.1, 0.15) is 23.5 Å². The second-order valence-electron chi connectivity index (χ2n) is 15.2. The van der Waals surface area contributed by atoms with Gasteiger partial charge in [-0.25, -0.2) is 0 Å². The van der Waals surface area contributed by atoms with Crippen LogP contribution in [-0.2, 0) is 6.42 Å². The summed E-state index contributed by atoms with van der Waals surface area (Å²) in [7, 11) is 0. The first kappa shape index (κ1) is 35.2. The summed E-state index contributed by atoms with van der Waals surface area (Å²) in [6.45, 7) is 0. The number of allylic oxidation sites excluding steroid dienone is 7. The zero-order valence-corrected chi connectivity index (χ0v) is 36.6. The normalized spacial score (nSPS) is 15.7. The van der Waals surface area contributed by atoms with Crippen molar-refractivity contribution in [3.8, 4) is 22.3 Å². The van der Waals surface area contributed by atoms with Crippen molar-refractivity contribution in [1.82, 2.24) is 0 Å². The van der Waals surface area contributed by atoms with Gasteiger partial charge < -0.3 is 0 Å². The van der Waals surface area contributed by atoms with Crippen molar-refractivity contribution in [3.05, 3.63) is 195 Å². The van der Waals surface area contributed by atoms with Crippen molar-refractivity contribution >= 4 is 129 Å². The Morgan fingerprint density at radius 2 is 1.10 bits per heavy atom. The monoisotopic (exact) mass is 924 g/mol. The first-order chi connectivity index (χ1) is 28.7. The molecule has 0 nitrogen and oxygen atoms in total. The molecule has 1 aliphatic carbocycles. The number of thioether (sulfide) groups is 1. The van der Waals surface area contributed by atoms with Crippen LogP contribution in [0.2, 0.25) is 0 Å². The van der Waals surface area contributed by atoms with Crippen LogP contribution in [0.4, 0.5) is 0 Å². The van der Waals surface area contributed by atoms with Gasteiger partial charge in [0.15, 0.2) is 0 Å². The third-order valence-corrected chi connectivity index (χ3v) is 16.9. The average Bonchev–Trinajstić information content (AvgIpc) is 4.04. The quantitative estimate of drug-likeness (QED) is 0.118. The van der Waals surface area contributed by atoms with Crippen LogP contribution in [0.5, 0.6) is 0 Å². The molecule has 0 amide bonds. The van der Waals surface area contributed by atoms with Gasteiger partial charge in [0.1, 0.15) is 0 Å². The lowest BCUT2D eigenvalue weighted by Crippen LogP contribution is -2.04. The van der Waals surface area contributed by atoms with Gasteiger partial charge in [0.05, 0.1) is 0 Å². The van der Waals surface area contributed by atoms with Crippen LogP contribution in [0.3, 0.4) is 0 Å². The fourth-order valence-electron chi connectivity index (χ4n) is 9.22. The van der Waals surface area contributed by atoms with E-state index in [4.69, 9.17) is 0 Å². The predicted molar refractivity (Wildman–Crippen MR) is 267 cm³/mol. The number of benzene rings is 7. The highest BCUT2D eigenvalue weighted by Gasteiger charge is 2.34. The van der Waals surface area contributed by atoms with Crippen LogP contribution in [0, 0.1) is 0 Å². The minimum absolute atomic E-state index is 0.367.